The van der Waals surface area contributed by atoms with Crippen LogP contribution in [0.25, 0.3) is 0 Å². The van der Waals surface area contributed by atoms with Crippen LogP contribution in [-0.2, 0) is 28.8 Å². The molecule has 162 valence electrons. The van der Waals surface area contributed by atoms with Crippen molar-refractivity contribution in [2.24, 2.45) is 5.92 Å². The van der Waals surface area contributed by atoms with E-state index in [2.05, 4.69) is 35.1 Å². The number of thiophene rings is 1. The SMILES string of the molecule is CCCc1ccc(OCC(=O)Nc2sc3c(c2C(=O)OCC)CCC(C)C3)c(Br)c1. The average Bonchev–Trinajstić information content (AvgIpc) is 3.04. The fourth-order valence-electron chi connectivity index (χ4n) is 3.67. The van der Waals surface area contributed by atoms with Crippen LogP contribution < -0.4 is 10.1 Å². The molecule has 1 N–H and O–H groups in total. The summed E-state index contributed by atoms with van der Waals surface area (Å²) in [6.45, 7) is 6.30. The second-order valence-electron chi connectivity index (χ2n) is 7.63. The minimum Gasteiger partial charge on any atom is -0.483 e. The van der Waals surface area contributed by atoms with Gasteiger partial charge in [0.2, 0.25) is 0 Å². The van der Waals surface area contributed by atoms with Gasteiger partial charge in [-0.3, -0.25) is 4.79 Å². The number of halogens is 1. The Morgan fingerprint density at radius 2 is 2.10 bits per heavy atom. The molecule has 5 nitrogen and oxygen atoms in total. The third-order valence-corrected chi connectivity index (χ3v) is 6.93. The Morgan fingerprint density at radius 1 is 1.30 bits per heavy atom. The third-order valence-electron chi connectivity index (χ3n) is 5.14. The second kappa shape index (κ2) is 10.4. The molecule has 0 saturated heterocycles. The fraction of sp³-hybridized carbons (Fsp3) is 0.478. The molecular weight excluding hydrogens is 466 g/mol. The standard InChI is InChI=1S/C23H28BrNO4S/c1-4-6-15-8-10-18(17(24)12-15)29-13-20(26)25-22-21(23(27)28-5-2)16-9-7-14(3)11-19(16)30-22/h8,10,12,14H,4-7,9,11,13H2,1-3H3,(H,25,26). The molecule has 0 bridgehead atoms. The predicted molar refractivity (Wildman–Crippen MR) is 124 cm³/mol. The average molecular weight is 494 g/mol. The summed E-state index contributed by atoms with van der Waals surface area (Å²) >= 11 is 4.99. The van der Waals surface area contributed by atoms with Gasteiger partial charge in [0.05, 0.1) is 16.6 Å². The normalized spacial score (nSPS) is 15.4. The van der Waals surface area contributed by atoms with E-state index in [1.807, 2.05) is 18.2 Å². The van der Waals surface area contributed by atoms with E-state index in [9.17, 15) is 9.59 Å². The van der Waals surface area contributed by atoms with E-state index in [4.69, 9.17) is 9.47 Å². The number of fused-ring (bicyclic) bond motifs is 1. The smallest absolute Gasteiger partial charge is 0.341 e. The molecule has 1 heterocycles. The van der Waals surface area contributed by atoms with Crippen molar-refractivity contribution in [3.63, 3.8) is 0 Å². The van der Waals surface area contributed by atoms with Gasteiger partial charge in [0.1, 0.15) is 10.8 Å². The van der Waals surface area contributed by atoms with Gasteiger partial charge in [0, 0.05) is 4.88 Å². The molecule has 1 atom stereocenters. The summed E-state index contributed by atoms with van der Waals surface area (Å²) in [5.41, 5.74) is 2.77. The maximum absolute atomic E-state index is 12.6. The number of carbonyl (C=O) groups excluding carboxylic acids is 2. The zero-order valence-electron chi connectivity index (χ0n) is 17.7. The molecule has 0 aliphatic heterocycles. The Kier molecular flexibility index (Phi) is 7.94. The van der Waals surface area contributed by atoms with Gasteiger partial charge in [-0.05, 0) is 77.7 Å². The van der Waals surface area contributed by atoms with E-state index in [1.165, 1.54) is 21.8 Å². The zero-order valence-corrected chi connectivity index (χ0v) is 20.1. The molecule has 1 aliphatic rings. The van der Waals surface area contributed by atoms with Crippen molar-refractivity contribution in [3.8, 4) is 5.75 Å². The van der Waals surface area contributed by atoms with Crippen LogP contribution in [-0.4, -0.2) is 25.1 Å². The van der Waals surface area contributed by atoms with Crippen molar-refractivity contribution < 1.29 is 19.1 Å². The van der Waals surface area contributed by atoms with Gasteiger partial charge in [0.15, 0.2) is 6.61 Å². The largest absolute Gasteiger partial charge is 0.483 e. The molecule has 1 aromatic carbocycles. The summed E-state index contributed by atoms with van der Waals surface area (Å²) in [6, 6.07) is 5.90. The molecule has 1 amide bonds. The molecular formula is C23H28BrNO4S. The van der Waals surface area contributed by atoms with Gasteiger partial charge in [0.25, 0.3) is 5.91 Å². The minimum atomic E-state index is -0.366. The minimum absolute atomic E-state index is 0.132. The highest BCUT2D eigenvalue weighted by molar-refractivity contribution is 9.10. The number of hydrogen-bond donors (Lipinski definition) is 1. The van der Waals surface area contributed by atoms with E-state index >= 15 is 0 Å². The van der Waals surface area contributed by atoms with E-state index in [-0.39, 0.29) is 18.5 Å². The number of ether oxygens (including phenoxy) is 2. The summed E-state index contributed by atoms with van der Waals surface area (Å²) in [5, 5.41) is 3.45. The number of anilines is 1. The van der Waals surface area contributed by atoms with Crippen LogP contribution >= 0.6 is 27.3 Å². The summed E-state index contributed by atoms with van der Waals surface area (Å²) in [7, 11) is 0. The molecule has 0 spiro atoms. The molecule has 3 rings (SSSR count). The number of rotatable bonds is 8. The van der Waals surface area contributed by atoms with Crippen LogP contribution in [0.3, 0.4) is 0 Å². The molecule has 30 heavy (non-hydrogen) atoms. The Hall–Kier alpha value is -1.86. The van der Waals surface area contributed by atoms with Crippen LogP contribution in [0.15, 0.2) is 22.7 Å². The molecule has 7 heteroatoms. The van der Waals surface area contributed by atoms with Crippen LogP contribution in [0, 0.1) is 5.92 Å². The zero-order chi connectivity index (χ0) is 21.7. The van der Waals surface area contributed by atoms with Crippen LogP contribution in [0.5, 0.6) is 5.75 Å². The van der Waals surface area contributed by atoms with Gasteiger partial charge < -0.3 is 14.8 Å². The number of benzene rings is 1. The lowest BCUT2D eigenvalue weighted by Gasteiger charge is -2.18. The summed E-state index contributed by atoms with van der Waals surface area (Å²) in [5.74, 6) is 0.535. The topological polar surface area (TPSA) is 64.6 Å². The van der Waals surface area contributed by atoms with Crippen molar-refractivity contribution in [1.29, 1.82) is 0 Å². The highest BCUT2D eigenvalue weighted by atomic mass is 79.9. The van der Waals surface area contributed by atoms with Crippen molar-refractivity contribution >= 4 is 44.1 Å². The Balaban J connectivity index is 1.71. The first-order valence-corrected chi connectivity index (χ1v) is 12.1. The second-order valence-corrected chi connectivity index (χ2v) is 9.59. The third kappa shape index (κ3) is 5.43. The van der Waals surface area contributed by atoms with E-state index in [0.717, 1.165) is 42.1 Å². The Bertz CT molecular complexity index is 924. The van der Waals surface area contributed by atoms with E-state index in [1.54, 1.807) is 6.92 Å². The molecule has 0 radical (unpaired) electrons. The van der Waals surface area contributed by atoms with E-state index in [0.29, 0.717) is 28.8 Å². The maximum Gasteiger partial charge on any atom is 0.341 e. The van der Waals surface area contributed by atoms with Gasteiger partial charge >= 0.3 is 5.97 Å². The summed E-state index contributed by atoms with van der Waals surface area (Å²) < 4.78 is 11.8. The highest BCUT2D eigenvalue weighted by Crippen LogP contribution is 2.40. The predicted octanol–water partition coefficient (Wildman–Crippen LogP) is 5.78. The van der Waals surface area contributed by atoms with Crippen molar-refractivity contribution in [1.82, 2.24) is 0 Å². The maximum atomic E-state index is 12.6. The van der Waals surface area contributed by atoms with Crippen LogP contribution in [0.1, 0.15) is 60.0 Å². The van der Waals surface area contributed by atoms with Crippen LogP contribution in [0.4, 0.5) is 5.00 Å². The summed E-state index contributed by atoms with van der Waals surface area (Å²) in [4.78, 5) is 26.3. The Morgan fingerprint density at radius 3 is 2.80 bits per heavy atom. The van der Waals surface area contributed by atoms with Gasteiger partial charge in [-0.1, -0.05) is 26.3 Å². The molecule has 0 saturated carbocycles. The number of aryl methyl sites for hydroxylation is 1. The number of carbonyl (C=O) groups is 2. The van der Waals surface area contributed by atoms with Crippen LogP contribution in [0.2, 0.25) is 0 Å². The monoisotopic (exact) mass is 493 g/mol. The van der Waals surface area contributed by atoms with Crippen molar-refractivity contribution in [2.45, 2.75) is 52.9 Å². The lowest BCUT2D eigenvalue weighted by atomic mass is 9.88. The number of amides is 1. The number of esters is 1. The quantitative estimate of drug-likeness (QED) is 0.473. The first-order chi connectivity index (χ1) is 14.4. The lowest BCUT2D eigenvalue weighted by Crippen LogP contribution is -2.21. The van der Waals surface area contributed by atoms with Crippen molar-refractivity contribution in [2.75, 3.05) is 18.5 Å². The van der Waals surface area contributed by atoms with Crippen molar-refractivity contribution in [3.05, 3.63) is 44.2 Å². The molecule has 2 aromatic rings. The number of nitrogens with one attached hydrogen (secondary N) is 1. The van der Waals surface area contributed by atoms with Gasteiger partial charge in [-0.2, -0.15) is 0 Å². The van der Waals surface area contributed by atoms with Gasteiger partial charge in [-0.15, -0.1) is 11.3 Å². The van der Waals surface area contributed by atoms with E-state index < -0.39 is 0 Å². The van der Waals surface area contributed by atoms with Gasteiger partial charge in [-0.25, -0.2) is 4.79 Å². The molecule has 0 fully saturated rings. The molecule has 1 aliphatic carbocycles. The highest BCUT2D eigenvalue weighted by Gasteiger charge is 2.29. The summed E-state index contributed by atoms with van der Waals surface area (Å²) in [6.07, 6.45) is 4.87. The fourth-order valence-corrected chi connectivity index (χ4v) is 5.63. The number of hydrogen-bond acceptors (Lipinski definition) is 5. The lowest BCUT2D eigenvalue weighted by molar-refractivity contribution is -0.118. The molecule has 1 aromatic heterocycles. The Labute approximate surface area is 190 Å². The first-order valence-electron chi connectivity index (χ1n) is 10.5. The molecule has 1 unspecified atom stereocenters. The first kappa shape index (κ1) is 22.8.